The quantitative estimate of drug-likeness (QED) is 0.0794. The largest absolute Gasteiger partial charge is 0.487 e. The number of benzene rings is 2. The van der Waals surface area contributed by atoms with Crippen LogP contribution in [0, 0.1) is 5.82 Å². The zero-order valence-corrected chi connectivity index (χ0v) is 27.0. The molecule has 238 valence electrons. The van der Waals surface area contributed by atoms with Crippen molar-refractivity contribution in [2.45, 2.75) is 19.4 Å². The van der Waals surface area contributed by atoms with Crippen LogP contribution in [0.2, 0.25) is 5.02 Å². The molecule has 10 nitrogen and oxygen atoms in total. The van der Waals surface area contributed by atoms with Crippen molar-refractivity contribution in [2.75, 3.05) is 18.5 Å². The Morgan fingerprint density at radius 2 is 1.89 bits per heavy atom. The molecule has 0 amide bonds. The van der Waals surface area contributed by atoms with Gasteiger partial charge in [0.15, 0.2) is 0 Å². The first-order valence-corrected chi connectivity index (χ1v) is 16.7. The highest BCUT2D eigenvalue weighted by molar-refractivity contribution is 7.73. The Balaban J connectivity index is 1.08. The summed E-state index contributed by atoms with van der Waals surface area (Å²) in [6, 6.07) is 18.5. The molecule has 6 rings (SSSR count). The molecule has 2 aromatic carbocycles. The number of nitrogens with zero attached hydrogens (tertiary/aromatic N) is 5. The lowest BCUT2D eigenvalue weighted by molar-refractivity contribution is 0.170. The molecule has 0 saturated carbocycles. The minimum atomic E-state index is -2.42. The maximum Gasteiger partial charge on any atom is 0.221 e. The summed E-state index contributed by atoms with van der Waals surface area (Å²) >= 11 is 8.02. The van der Waals surface area contributed by atoms with Gasteiger partial charge in [0.1, 0.15) is 35.2 Å². The summed E-state index contributed by atoms with van der Waals surface area (Å²) in [6.07, 6.45) is 6.01. The van der Waals surface area contributed by atoms with Crippen LogP contribution in [0.4, 0.5) is 15.9 Å². The van der Waals surface area contributed by atoms with E-state index < -0.39 is 10.3 Å². The molecule has 14 heteroatoms. The molecule has 0 aliphatic carbocycles. The Kier molecular flexibility index (Phi) is 10.4. The van der Waals surface area contributed by atoms with Crippen molar-refractivity contribution in [2.24, 2.45) is 0 Å². The molecular formula is C33H26ClFN6O4S2. The van der Waals surface area contributed by atoms with Crippen molar-refractivity contribution >= 4 is 60.5 Å². The van der Waals surface area contributed by atoms with E-state index in [-0.39, 0.29) is 23.9 Å². The molecule has 0 aliphatic heterocycles. The number of anilines is 2. The lowest BCUT2D eigenvalue weighted by Crippen LogP contribution is -2.14. The highest BCUT2D eigenvalue weighted by Crippen LogP contribution is 2.32. The maximum atomic E-state index is 13.5. The van der Waals surface area contributed by atoms with Crippen LogP contribution >= 0.6 is 22.9 Å². The third-order valence-electron chi connectivity index (χ3n) is 6.88. The van der Waals surface area contributed by atoms with Crippen molar-refractivity contribution in [1.29, 1.82) is 0 Å². The molecule has 0 saturated heterocycles. The van der Waals surface area contributed by atoms with Crippen LogP contribution in [0.3, 0.4) is 0 Å². The number of halogens is 2. The molecule has 0 bridgehead atoms. The van der Waals surface area contributed by atoms with E-state index in [1.807, 2.05) is 17.5 Å². The predicted octanol–water partition coefficient (Wildman–Crippen LogP) is 6.71. The number of hydrogen-bond donors (Lipinski definition) is 1. The van der Waals surface area contributed by atoms with E-state index in [1.54, 1.807) is 54.9 Å². The van der Waals surface area contributed by atoms with E-state index in [2.05, 4.69) is 25.3 Å². The second-order valence-corrected chi connectivity index (χ2v) is 12.5. The molecule has 0 spiro atoms. The van der Waals surface area contributed by atoms with Crippen molar-refractivity contribution in [3.8, 4) is 17.1 Å². The average Bonchev–Trinajstić information content (AvgIpc) is 3.55. The summed E-state index contributed by atoms with van der Waals surface area (Å²) in [6.45, 7) is 0.504. The van der Waals surface area contributed by atoms with E-state index in [0.29, 0.717) is 64.2 Å². The van der Waals surface area contributed by atoms with Crippen LogP contribution in [0.5, 0.6) is 5.75 Å². The molecule has 47 heavy (non-hydrogen) atoms. The fraction of sp³-hybridized carbons (Fsp3) is 0.152. The zero-order valence-electron chi connectivity index (χ0n) is 24.6. The van der Waals surface area contributed by atoms with Gasteiger partial charge in [-0.05, 0) is 60.5 Å². The van der Waals surface area contributed by atoms with Gasteiger partial charge in [0.05, 0.1) is 45.4 Å². The molecular weight excluding hydrogens is 663 g/mol. The van der Waals surface area contributed by atoms with Gasteiger partial charge in [-0.1, -0.05) is 29.8 Å². The number of thiazole rings is 1. The predicted molar refractivity (Wildman–Crippen MR) is 180 cm³/mol. The molecule has 0 aliphatic rings. The van der Waals surface area contributed by atoms with Gasteiger partial charge in [-0.15, -0.1) is 11.3 Å². The Morgan fingerprint density at radius 3 is 2.70 bits per heavy atom. The van der Waals surface area contributed by atoms with E-state index in [4.69, 9.17) is 26.1 Å². The van der Waals surface area contributed by atoms with Crippen molar-refractivity contribution in [3.63, 3.8) is 0 Å². The number of ether oxygens (including phenoxy) is 2. The number of rotatable bonds is 13. The fourth-order valence-corrected chi connectivity index (χ4v) is 6.13. The molecule has 6 aromatic rings. The topological polar surface area (TPSA) is 129 Å². The average molecular weight is 689 g/mol. The maximum absolute atomic E-state index is 13.5. The molecule has 0 fully saturated rings. The Hall–Kier alpha value is -4.82. The molecule has 4 heterocycles. The van der Waals surface area contributed by atoms with Gasteiger partial charge < -0.3 is 14.8 Å². The Bertz CT molecular complexity index is 2160. The van der Waals surface area contributed by atoms with Crippen molar-refractivity contribution in [1.82, 2.24) is 24.9 Å². The molecule has 0 atom stereocenters. The Labute approximate surface area is 279 Å². The smallest absolute Gasteiger partial charge is 0.221 e. The summed E-state index contributed by atoms with van der Waals surface area (Å²) < 4.78 is 48.1. The highest BCUT2D eigenvalue weighted by atomic mass is 35.5. The number of pyridine rings is 2. The van der Waals surface area contributed by atoms with E-state index >= 15 is 0 Å². The van der Waals surface area contributed by atoms with Crippen molar-refractivity contribution < 1.29 is 22.3 Å². The SMILES string of the molecule is O=S(=O)=C(COCCCc1nc(-c2cc3c(Nc4ccc(OCc5cccc(F)c5)c(Cl)c4)ncnc3cn2)cs1)c1ccccn1. The van der Waals surface area contributed by atoms with Crippen LogP contribution < -0.4 is 10.1 Å². The first-order chi connectivity index (χ1) is 22.9. The van der Waals surface area contributed by atoms with Gasteiger partial charge in [-0.25, -0.2) is 19.3 Å². The summed E-state index contributed by atoms with van der Waals surface area (Å²) in [5.41, 5.74) is 3.81. The molecule has 0 unspecified atom stereocenters. The lowest BCUT2D eigenvalue weighted by atomic mass is 10.2. The van der Waals surface area contributed by atoms with Crippen LogP contribution in [-0.4, -0.2) is 51.4 Å². The standard InChI is InChI=1S/C33H26ClFN6O4S2/c34-25-14-23(9-10-30(25)45-17-21-5-3-6-22(35)13-21)40-33-24-15-27(37-16-28(24)38-20-39-33)29-19-46-32(41-29)8-4-12-44-18-31(47(42)43)26-7-1-2-11-36-26/h1-3,5-7,9-11,13-16,19-20H,4,8,12,17-18H2,(H,38,39,40). The lowest BCUT2D eigenvalue weighted by Gasteiger charge is -2.12. The summed E-state index contributed by atoms with van der Waals surface area (Å²) in [4.78, 5) is 22.3. The highest BCUT2D eigenvalue weighted by Gasteiger charge is 2.13. The van der Waals surface area contributed by atoms with Crippen LogP contribution in [0.1, 0.15) is 22.7 Å². The minimum Gasteiger partial charge on any atom is -0.487 e. The first-order valence-electron chi connectivity index (χ1n) is 14.4. The van der Waals surface area contributed by atoms with E-state index in [0.717, 1.165) is 16.1 Å². The van der Waals surface area contributed by atoms with Gasteiger partial charge in [0.25, 0.3) is 0 Å². The summed E-state index contributed by atoms with van der Waals surface area (Å²) in [5.74, 6) is 0.711. The normalized spacial score (nSPS) is 11.0. The van der Waals surface area contributed by atoms with Gasteiger partial charge in [0.2, 0.25) is 10.3 Å². The van der Waals surface area contributed by atoms with E-state index in [1.165, 1.54) is 29.8 Å². The van der Waals surface area contributed by atoms with Gasteiger partial charge in [0, 0.05) is 35.7 Å². The number of fused-ring (bicyclic) bond motifs is 1. The molecule has 0 radical (unpaired) electrons. The monoisotopic (exact) mass is 688 g/mol. The minimum absolute atomic E-state index is 0.0453. The van der Waals surface area contributed by atoms with E-state index in [9.17, 15) is 12.8 Å². The third-order valence-corrected chi connectivity index (χ3v) is 8.81. The van der Waals surface area contributed by atoms with Gasteiger partial charge in [-0.3, -0.25) is 9.97 Å². The summed E-state index contributed by atoms with van der Waals surface area (Å²) in [5, 5.41) is 7.29. The van der Waals surface area contributed by atoms with Crippen LogP contribution in [0.25, 0.3) is 22.3 Å². The summed E-state index contributed by atoms with van der Waals surface area (Å²) in [7, 11) is -2.42. The second kappa shape index (κ2) is 15.2. The van der Waals surface area contributed by atoms with Gasteiger partial charge >= 0.3 is 0 Å². The number of aryl methyl sites for hydroxylation is 1. The fourth-order valence-electron chi connectivity index (χ4n) is 4.59. The number of nitrogens with one attached hydrogen (secondary N) is 1. The van der Waals surface area contributed by atoms with Crippen LogP contribution in [0.15, 0.2) is 90.8 Å². The van der Waals surface area contributed by atoms with Gasteiger partial charge in [-0.2, -0.15) is 8.42 Å². The second-order valence-electron chi connectivity index (χ2n) is 10.2. The Morgan fingerprint density at radius 1 is 0.979 bits per heavy atom. The third kappa shape index (κ3) is 8.32. The van der Waals surface area contributed by atoms with Crippen molar-refractivity contribution in [3.05, 3.63) is 118 Å². The number of hydrogen-bond acceptors (Lipinski definition) is 11. The molecule has 4 aromatic heterocycles. The first kappa shape index (κ1) is 32.1. The van der Waals surface area contributed by atoms with Crippen LogP contribution in [-0.2, 0) is 28.1 Å². The molecule has 1 N–H and O–H groups in total. The zero-order chi connectivity index (χ0) is 32.6. The number of aromatic nitrogens is 5.